The highest BCUT2D eigenvalue weighted by molar-refractivity contribution is 6.13. The molecule has 0 aliphatic carbocycles. The van der Waals surface area contributed by atoms with Crippen LogP contribution in [0.3, 0.4) is 0 Å². The number of fused-ring (bicyclic) bond motifs is 7. The fraction of sp³-hybridized carbons (Fsp3) is 0. The summed E-state index contributed by atoms with van der Waals surface area (Å²) in [5, 5.41) is 6.33. The molecule has 0 atom stereocenters. The maximum Gasteiger partial charge on any atom is 0.167 e. The molecular weight excluding hydrogens is 677 g/mol. The van der Waals surface area contributed by atoms with Crippen LogP contribution in [0.1, 0.15) is 0 Å². The summed E-state index contributed by atoms with van der Waals surface area (Å²) in [6.07, 6.45) is 0. The topological polar surface area (TPSA) is 68.2 Å². The molecule has 0 saturated heterocycles. The zero-order valence-electron chi connectivity index (χ0n) is 29.4. The molecule has 0 bridgehead atoms. The molecule has 0 aliphatic heterocycles. The smallest absolute Gasteiger partial charge is 0.167 e. The molecule has 0 aliphatic rings. The third-order valence-corrected chi connectivity index (χ3v) is 10.3. The molecule has 11 aromatic rings. The Morgan fingerprint density at radius 2 is 1.02 bits per heavy atom. The summed E-state index contributed by atoms with van der Waals surface area (Å²) in [4.78, 5) is 17.6. The quantitative estimate of drug-likeness (QED) is 0.171. The lowest BCUT2D eigenvalue weighted by Gasteiger charge is -2.26. The van der Waals surface area contributed by atoms with Crippen LogP contribution in [0.25, 0.3) is 88.8 Å². The van der Waals surface area contributed by atoms with Crippen molar-refractivity contribution in [3.05, 3.63) is 182 Å². The second kappa shape index (κ2) is 12.5. The van der Waals surface area contributed by atoms with Crippen LogP contribution in [0.5, 0.6) is 0 Å². The van der Waals surface area contributed by atoms with Crippen LogP contribution in [-0.2, 0) is 0 Å². The third-order valence-electron chi connectivity index (χ3n) is 10.3. The lowest BCUT2D eigenvalue weighted by atomic mass is 10.0. The van der Waals surface area contributed by atoms with Crippen molar-refractivity contribution in [2.45, 2.75) is 0 Å². The number of hydrogen-bond acceptors (Lipinski definition) is 6. The summed E-state index contributed by atoms with van der Waals surface area (Å²) in [6.45, 7) is 0. The van der Waals surface area contributed by atoms with Gasteiger partial charge in [-0.1, -0.05) is 127 Å². The monoisotopic (exact) mass is 706 g/mol. The summed E-state index contributed by atoms with van der Waals surface area (Å²) in [5.41, 5.74) is 8.78. The second-order valence-corrected chi connectivity index (χ2v) is 13.6. The highest BCUT2D eigenvalue weighted by Crippen LogP contribution is 2.43. The zero-order chi connectivity index (χ0) is 36.3. The number of aromatic nitrogens is 3. The first kappa shape index (κ1) is 31.0. The van der Waals surface area contributed by atoms with Crippen LogP contribution in [0.2, 0.25) is 0 Å². The summed E-state index contributed by atoms with van der Waals surface area (Å²) >= 11 is 0. The third kappa shape index (κ3) is 5.15. The van der Waals surface area contributed by atoms with Gasteiger partial charge in [0.25, 0.3) is 0 Å². The molecule has 3 heterocycles. The SMILES string of the molecule is c1ccc(-c2nc(-c3cccc4c3oc3ccccc34)nc(-c3cccc4oc5cc(N(c6ccccc6)c6cccc7ccccc67)ccc5c34)n2)cc1. The van der Waals surface area contributed by atoms with Crippen molar-refractivity contribution in [3.8, 4) is 34.2 Å². The van der Waals surface area contributed by atoms with E-state index in [1.807, 2.05) is 78.9 Å². The average Bonchev–Trinajstić information content (AvgIpc) is 3.83. The number of nitrogens with zero attached hydrogens (tertiary/aromatic N) is 4. The molecule has 3 aromatic heterocycles. The summed E-state index contributed by atoms with van der Waals surface area (Å²) in [5.74, 6) is 1.67. The minimum atomic E-state index is 0.536. The first-order valence-electron chi connectivity index (χ1n) is 18.3. The Balaban J connectivity index is 1.11. The van der Waals surface area contributed by atoms with Gasteiger partial charge in [-0.3, -0.25) is 0 Å². The fourth-order valence-corrected chi connectivity index (χ4v) is 7.80. The number of anilines is 3. The standard InChI is InChI=1S/C49H30N4O2/c1-3-15-32(16-4-1)47-50-48(52-49(51-47)40-24-12-22-37-36-21-9-10-26-42(36)55-46(37)40)39-23-13-27-43-45(39)38-29-28-34(30-44(38)54-43)53(33-18-5-2-6-19-33)41-25-11-17-31-14-7-8-20-35(31)41/h1-30H. The van der Waals surface area contributed by atoms with Crippen LogP contribution in [0, 0.1) is 0 Å². The van der Waals surface area contributed by atoms with Crippen molar-refractivity contribution in [2.75, 3.05) is 4.90 Å². The summed E-state index contributed by atoms with van der Waals surface area (Å²) < 4.78 is 13.1. The van der Waals surface area contributed by atoms with Crippen LogP contribution in [0.4, 0.5) is 17.1 Å². The molecule has 11 rings (SSSR count). The first-order valence-corrected chi connectivity index (χ1v) is 18.3. The average molecular weight is 707 g/mol. The number of hydrogen-bond donors (Lipinski definition) is 0. The molecule has 0 amide bonds. The Bertz CT molecular complexity index is 3220. The summed E-state index contributed by atoms with van der Waals surface area (Å²) in [6, 6.07) is 62.1. The van der Waals surface area contributed by atoms with E-state index in [0.29, 0.717) is 17.5 Å². The van der Waals surface area contributed by atoms with Crippen molar-refractivity contribution in [1.29, 1.82) is 0 Å². The van der Waals surface area contributed by atoms with Gasteiger partial charge >= 0.3 is 0 Å². The fourth-order valence-electron chi connectivity index (χ4n) is 7.80. The Hall–Kier alpha value is -7.57. The van der Waals surface area contributed by atoms with E-state index in [4.69, 9.17) is 23.8 Å². The maximum atomic E-state index is 6.67. The maximum absolute atomic E-state index is 6.67. The van der Waals surface area contributed by atoms with E-state index in [9.17, 15) is 0 Å². The van der Waals surface area contributed by atoms with Crippen LogP contribution in [-0.4, -0.2) is 15.0 Å². The lowest BCUT2D eigenvalue weighted by Crippen LogP contribution is -2.10. The Morgan fingerprint density at radius 1 is 0.382 bits per heavy atom. The summed E-state index contributed by atoms with van der Waals surface area (Å²) in [7, 11) is 0. The van der Waals surface area contributed by atoms with Gasteiger partial charge in [0.05, 0.1) is 11.3 Å². The molecule has 6 heteroatoms. The van der Waals surface area contributed by atoms with Gasteiger partial charge in [0, 0.05) is 55.5 Å². The molecule has 258 valence electrons. The number of benzene rings is 8. The molecule has 0 fully saturated rings. The van der Waals surface area contributed by atoms with E-state index >= 15 is 0 Å². The highest BCUT2D eigenvalue weighted by Gasteiger charge is 2.22. The van der Waals surface area contributed by atoms with Gasteiger partial charge in [-0.15, -0.1) is 0 Å². The molecule has 0 N–H and O–H groups in total. The van der Waals surface area contributed by atoms with Gasteiger partial charge < -0.3 is 13.7 Å². The molecular formula is C49H30N4O2. The van der Waals surface area contributed by atoms with E-state index in [-0.39, 0.29) is 0 Å². The Kier molecular flexibility index (Phi) is 7.07. The van der Waals surface area contributed by atoms with Crippen molar-refractivity contribution in [1.82, 2.24) is 15.0 Å². The van der Waals surface area contributed by atoms with Crippen LogP contribution in [0.15, 0.2) is 191 Å². The molecule has 6 nitrogen and oxygen atoms in total. The number of rotatable bonds is 6. The minimum absolute atomic E-state index is 0.536. The number of furan rings is 2. The van der Waals surface area contributed by atoms with Crippen LogP contribution < -0.4 is 4.90 Å². The molecule has 0 spiro atoms. The van der Waals surface area contributed by atoms with E-state index in [2.05, 4.69) is 108 Å². The molecule has 0 unspecified atom stereocenters. The van der Waals surface area contributed by atoms with Gasteiger partial charge in [-0.05, 0) is 53.9 Å². The Morgan fingerprint density at radius 3 is 1.89 bits per heavy atom. The normalized spacial score (nSPS) is 11.6. The molecule has 0 saturated carbocycles. The van der Waals surface area contributed by atoms with Crippen molar-refractivity contribution < 1.29 is 8.83 Å². The molecule has 0 radical (unpaired) electrons. The van der Waals surface area contributed by atoms with Gasteiger partial charge in [-0.25, -0.2) is 15.0 Å². The largest absolute Gasteiger partial charge is 0.456 e. The van der Waals surface area contributed by atoms with E-state index in [1.54, 1.807) is 0 Å². The number of para-hydroxylation sites is 3. The van der Waals surface area contributed by atoms with Gasteiger partial charge in [-0.2, -0.15) is 0 Å². The first-order chi connectivity index (χ1) is 27.3. The second-order valence-electron chi connectivity index (χ2n) is 13.6. The predicted octanol–water partition coefficient (Wildman–Crippen LogP) is 13.3. The van der Waals surface area contributed by atoms with Crippen molar-refractivity contribution in [2.24, 2.45) is 0 Å². The molecule has 8 aromatic carbocycles. The highest BCUT2D eigenvalue weighted by atomic mass is 16.3. The van der Waals surface area contributed by atoms with Crippen LogP contribution >= 0.6 is 0 Å². The lowest BCUT2D eigenvalue weighted by molar-refractivity contribution is 0.668. The molecule has 55 heavy (non-hydrogen) atoms. The van der Waals surface area contributed by atoms with Gasteiger partial charge in [0.15, 0.2) is 17.5 Å². The van der Waals surface area contributed by atoms with Gasteiger partial charge in [0.1, 0.15) is 22.3 Å². The van der Waals surface area contributed by atoms with E-state index in [0.717, 1.165) is 77.6 Å². The Labute approximate surface area is 315 Å². The van der Waals surface area contributed by atoms with E-state index in [1.165, 1.54) is 10.8 Å². The predicted molar refractivity (Wildman–Crippen MR) is 223 cm³/mol. The van der Waals surface area contributed by atoms with Gasteiger partial charge in [0.2, 0.25) is 0 Å². The van der Waals surface area contributed by atoms with Crippen molar-refractivity contribution >= 4 is 71.7 Å². The zero-order valence-corrected chi connectivity index (χ0v) is 29.4. The van der Waals surface area contributed by atoms with E-state index < -0.39 is 0 Å². The minimum Gasteiger partial charge on any atom is -0.456 e. The van der Waals surface area contributed by atoms with Crippen molar-refractivity contribution in [3.63, 3.8) is 0 Å².